The van der Waals surface area contributed by atoms with E-state index in [1.165, 1.54) is 24.3 Å². The Morgan fingerprint density at radius 2 is 1.80 bits per heavy atom. The zero-order chi connectivity index (χ0) is 15.3. The maximum absolute atomic E-state index is 11.9. The van der Waals surface area contributed by atoms with Crippen molar-refractivity contribution in [1.29, 1.82) is 0 Å². The molecular formula is C13H22N3O3S+. The first-order chi connectivity index (χ1) is 9.20. The number of rotatable bonds is 6. The third-order valence-corrected chi connectivity index (χ3v) is 3.75. The molecule has 1 amide bonds. The summed E-state index contributed by atoms with van der Waals surface area (Å²) in [7, 11) is -3.70. The van der Waals surface area contributed by atoms with Gasteiger partial charge in [0, 0.05) is 11.6 Å². The fraction of sp³-hybridized carbons (Fsp3) is 0.462. The average Bonchev–Trinajstić information content (AvgIpc) is 2.35. The van der Waals surface area contributed by atoms with Crippen LogP contribution in [0.1, 0.15) is 20.8 Å². The summed E-state index contributed by atoms with van der Waals surface area (Å²) in [6.07, 6.45) is 0. The Morgan fingerprint density at radius 1 is 1.25 bits per heavy atom. The fourth-order valence-corrected chi connectivity index (χ4v) is 2.08. The van der Waals surface area contributed by atoms with Crippen LogP contribution in [0, 0.1) is 5.92 Å². The smallest absolute Gasteiger partial charge is 0.282 e. The second-order valence-corrected chi connectivity index (χ2v) is 6.77. The van der Waals surface area contributed by atoms with Crippen molar-refractivity contribution in [2.75, 3.05) is 11.9 Å². The van der Waals surface area contributed by atoms with Gasteiger partial charge in [0.05, 0.1) is 11.4 Å². The monoisotopic (exact) mass is 300 g/mol. The van der Waals surface area contributed by atoms with Gasteiger partial charge in [0.15, 0.2) is 6.04 Å². The number of anilines is 1. The molecule has 1 rings (SSSR count). The average molecular weight is 300 g/mol. The van der Waals surface area contributed by atoms with Crippen molar-refractivity contribution in [2.45, 2.75) is 31.7 Å². The standard InChI is InChI=1S/C13H21N3O3S/c1-9(2)8-15-10(3)13(17)16-11-4-6-12(7-5-11)20(14,18)19/h4-7,9-10,15H,8H2,1-3H3,(H,16,17)(H2,14,18,19)/p+1/t10-/m1/s1. The molecule has 0 aliphatic heterocycles. The fourth-order valence-electron chi connectivity index (χ4n) is 1.57. The summed E-state index contributed by atoms with van der Waals surface area (Å²) in [5.74, 6) is 0.397. The molecule has 0 radical (unpaired) electrons. The predicted molar refractivity (Wildman–Crippen MR) is 77.5 cm³/mol. The molecule has 0 spiro atoms. The molecule has 7 heteroatoms. The molecule has 0 aromatic heterocycles. The molecule has 0 heterocycles. The molecule has 1 aromatic carbocycles. The van der Waals surface area contributed by atoms with E-state index in [-0.39, 0.29) is 16.8 Å². The zero-order valence-corrected chi connectivity index (χ0v) is 12.8. The summed E-state index contributed by atoms with van der Waals surface area (Å²) < 4.78 is 22.2. The molecular weight excluding hydrogens is 278 g/mol. The van der Waals surface area contributed by atoms with E-state index in [2.05, 4.69) is 19.2 Å². The first-order valence-corrected chi connectivity index (χ1v) is 8.02. The van der Waals surface area contributed by atoms with Crippen LogP contribution < -0.4 is 15.8 Å². The van der Waals surface area contributed by atoms with E-state index in [9.17, 15) is 13.2 Å². The first kappa shape index (κ1) is 16.6. The summed E-state index contributed by atoms with van der Waals surface area (Å²) in [4.78, 5) is 11.9. The predicted octanol–water partition coefficient (Wildman–Crippen LogP) is -0.120. The SMILES string of the molecule is CC(C)C[NH2+][C@H](C)C(=O)Nc1ccc(S(N)(=O)=O)cc1. The van der Waals surface area contributed by atoms with Crippen LogP contribution in [-0.4, -0.2) is 26.9 Å². The number of primary sulfonamides is 1. The van der Waals surface area contributed by atoms with E-state index in [0.29, 0.717) is 11.6 Å². The number of carbonyl (C=O) groups is 1. The second-order valence-electron chi connectivity index (χ2n) is 5.21. The summed E-state index contributed by atoms with van der Waals surface area (Å²) in [5.41, 5.74) is 0.548. The van der Waals surface area contributed by atoms with Crippen LogP contribution in [0.15, 0.2) is 29.2 Å². The number of sulfonamides is 1. The molecule has 6 nitrogen and oxygen atoms in total. The third kappa shape index (κ3) is 5.28. The van der Waals surface area contributed by atoms with Crippen molar-refractivity contribution in [2.24, 2.45) is 11.1 Å². The Kier molecular flexibility index (Phi) is 5.67. The summed E-state index contributed by atoms with van der Waals surface area (Å²) in [5, 5.41) is 9.71. The van der Waals surface area contributed by atoms with Gasteiger partial charge in [0.2, 0.25) is 10.0 Å². The van der Waals surface area contributed by atoms with Gasteiger partial charge < -0.3 is 10.6 Å². The van der Waals surface area contributed by atoms with Crippen LogP contribution in [0.2, 0.25) is 0 Å². The quantitative estimate of drug-likeness (QED) is 0.682. The van der Waals surface area contributed by atoms with Gasteiger partial charge in [-0.15, -0.1) is 0 Å². The van der Waals surface area contributed by atoms with E-state index in [1.54, 1.807) is 0 Å². The molecule has 0 saturated carbocycles. The van der Waals surface area contributed by atoms with E-state index in [0.717, 1.165) is 6.54 Å². The topological polar surface area (TPSA) is 106 Å². The van der Waals surface area contributed by atoms with Crippen molar-refractivity contribution in [3.8, 4) is 0 Å². The minimum Gasteiger partial charge on any atom is -0.336 e. The van der Waals surface area contributed by atoms with E-state index < -0.39 is 10.0 Å². The lowest BCUT2D eigenvalue weighted by Gasteiger charge is -2.12. The third-order valence-electron chi connectivity index (χ3n) is 2.82. The van der Waals surface area contributed by atoms with E-state index in [1.807, 2.05) is 12.2 Å². The van der Waals surface area contributed by atoms with Crippen molar-refractivity contribution in [3.05, 3.63) is 24.3 Å². The largest absolute Gasteiger partial charge is 0.336 e. The van der Waals surface area contributed by atoms with Gasteiger partial charge in [-0.25, -0.2) is 13.6 Å². The highest BCUT2D eigenvalue weighted by Gasteiger charge is 2.16. The number of benzene rings is 1. The zero-order valence-electron chi connectivity index (χ0n) is 12.0. The lowest BCUT2D eigenvalue weighted by molar-refractivity contribution is -0.677. The van der Waals surface area contributed by atoms with Gasteiger partial charge >= 0.3 is 0 Å². The molecule has 0 saturated heterocycles. The number of quaternary nitrogens is 1. The van der Waals surface area contributed by atoms with Crippen LogP contribution in [0.25, 0.3) is 0 Å². The lowest BCUT2D eigenvalue weighted by Crippen LogP contribution is -2.92. The highest BCUT2D eigenvalue weighted by molar-refractivity contribution is 7.89. The molecule has 0 bridgehead atoms. The number of hydrogen-bond donors (Lipinski definition) is 3. The van der Waals surface area contributed by atoms with Gasteiger partial charge in [-0.05, 0) is 31.2 Å². The summed E-state index contributed by atoms with van der Waals surface area (Å²) in [6, 6.07) is 5.58. The highest BCUT2D eigenvalue weighted by Crippen LogP contribution is 2.12. The van der Waals surface area contributed by atoms with Crippen LogP contribution in [-0.2, 0) is 14.8 Å². The number of nitrogens with two attached hydrogens (primary N) is 2. The van der Waals surface area contributed by atoms with Crippen molar-refractivity contribution in [1.82, 2.24) is 0 Å². The Morgan fingerprint density at radius 3 is 2.25 bits per heavy atom. The van der Waals surface area contributed by atoms with Gasteiger partial charge in [-0.1, -0.05) is 13.8 Å². The van der Waals surface area contributed by atoms with Crippen LogP contribution in [0.5, 0.6) is 0 Å². The Balaban J connectivity index is 2.62. The van der Waals surface area contributed by atoms with Crippen LogP contribution in [0.4, 0.5) is 5.69 Å². The van der Waals surface area contributed by atoms with Crippen molar-refractivity contribution >= 4 is 21.6 Å². The Hall–Kier alpha value is -1.44. The molecule has 0 aliphatic rings. The molecule has 1 aromatic rings. The van der Waals surface area contributed by atoms with Crippen LogP contribution in [0.3, 0.4) is 0 Å². The molecule has 0 aliphatic carbocycles. The Labute approximate surface area is 119 Å². The van der Waals surface area contributed by atoms with Gasteiger partial charge in [0.25, 0.3) is 5.91 Å². The molecule has 0 fully saturated rings. The normalized spacial score (nSPS) is 13.2. The summed E-state index contributed by atoms with van der Waals surface area (Å²) in [6.45, 7) is 6.88. The van der Waals surface area contributed by atoms with Crippen LogP contribution >= 0.6 is 0 Å². The molecule has 1 atom stereocenters. The minimum absolute atomic E-state index is 0.0231. The number of carbonyl (C=O) groups excluding carboxylic acids is 1. The maximum Gasteiger partial charge on any atom is 0.282 e. The maximum atomic E-state index is 11.9. The van der Waals surface area contributed by atoms with Gasteiger partial charge in [-0.3, -0.25) is 4.79 Å². The number of nitrogens with one attached hydrogen (secondary N) is 1. The molecule has 20 heavy (non-hydrogen) atoms. The van der Waals surface area contributed by atoms with Gasteiger partial charge in [-0.2, -0.15) is 0 Å². The number of hydrogen-bond acceptors (Lipinski definition) is 3. The van der Waals surface area contributed by atoms with Gasteiger partial charge in [0.1, 0.15) is 0 Å². The Bertz CT molecular complexity index is 553. The van der Waals surface area contributed by atoms with E-state index >= 15 is 0 Å². The van der Waals surface area contributed by atoms with Crippen molar-refractivity contribution < 1.29 is 18.5 Å². The first-order valence-electron chi connectivity index (χ1n) is 6.47. The van der Waals surface area contributed by atoms with Crippen molar-refractivity contribution in [3.63, 3.8) is 0 Å². The molecule has 0 unspecified atom stereocenters. The highest BCUT2D eigenvalue weighted by atomic mass is 32.2. The minimum atomic E-state index is -3.70. The molecule has 112 valence electrons. The second kappa shape index (κ2) is 6.83. The van der Waals surface area contributed by atoms with E-state index in [4.69, 9.17) is 5.14 Å². The molecule has 5 N–H and O–H groups in total. The summed E-state index contributed by atoms with van der Waals surface area (Å²) >= 11 is 0. The number of amides is 1. The lowest BCUT2D eigenvalue weighted by atomic mass is 10.2.